The van der Waals surface area contributed by atoms with Gasteiger partial charge >= 0.3 is 0 Å². The van der Waals surface area contributed by atoms with E-state index in [0.717, 1.165) is 14.1 Å². The molecular formula is C38H68N2O31. The molecule has 20 N–H and O–H groups in total. The van der Waals surface area contributed by atoms with Crippen molar-refractivity contribution in [1.82, 2.24) is 10.1 Å². The molecule has 0 bridgehead atoms. The van der Waals surface area contributed by atoms with Crippen LogP contribution < -0.4 is 0 Å². The van der Waals surface area contributed by atoms with E-state index in [9.17, 15) is 102 Å². The fourth-order valence-electron chi connectivity index (χ4n) is 9.07. The average molecular weight is 1050 g/mol. The van der Waals surface area contributed by atoms with Crippen molar-refractivity contribution in [1.29, 1.82) is 0 Å². The molecular weight excluding hydrogens is 980 g/mol. The molecule has 0 amide bonds. The Bertz CT molecular complexity index is 1610. The first kappa shape index (κ1) is 58.9. The summed E-state index contributed by atoms with van der Waals surface area (Å²) >= 11 is 0. The molecule has 6 heterocycles. The molecule has 0 aromatic carbocycles. The molecule has 0 spiro atoms. The van der Waals surface area contributed by atoms with E-state index in [4.69, 9.17) is 52.1 Å². The van der Waals surface area contributed by atoms with Gasteiger partial charge in [-0.25, -0.2) is 0 Å². The summed E-state index contributed by atoms with van der Waals surface area (Å²) in [7, 11) is 2.00. The van der Waals surface area contributed by atoms with Crippen molar-refractivity contribution in [3.8, 4) is 0 Å². The standard InChI is InChI=1S/C38H68N2O31/c1-39(59)15-30(20(48)11(5-43)63-33(15)58)69-38-29(57)32(22(50)14(68-38)8-62-36-27(55)24(52)18(46)10(4-42)66-36)71-34-16(40(2)60)31(21(49)12(6-44)64-34)70-37-28(56)25(53)19(47)13(67-37)7-61-35-26(54)23(51)17(45)9(3-41)65-35/h9-38,41-60H,3-8H2,1-2H3/t9-,10-,11-,12-,13-,14-,15-,16-,17-,18-,19+,20+,21+,22+,23+,24+,25+,26-,27-,28-,29-,30-,31-,32+,33-,34+,35-,36-,37+,38+/m1/s1. The maximum absolute atomic E-state index is 11.9. The lowest BCUT2D eigenvalue weighted by atomic mass is 9.94. The number of nitrogens with zero attached hydrogens (tertiary/aromatic N) is 2. The first-order valence-electron chi connectivity index (χ1n) is 22.4. The molecule has 0 aliphatic carbocycles. The van der Waals surface area contributed by atoms with Crippen LogP contribution in [-0.4, -0.2) is 350 Å². The van der Waals surface area contributed by atoms with E-state index in [-0.39, 0.29) is 0 Å². The third-order valence-electron chi connectivity index (χ3n) is 13.3. The zero-order chi connectivity index (χ0) is 52.5. The normalized spacial score (nSPS) is 51.2. The molecule has 416 valence electrons. The number of rotatable bonds is 18. The lowest BCUT2D eigenvalue weighted by Gasteiger charge is -2.51. The number of aliphatic hydroxyl groups is 18. The van der Waals surface area contributed by atoms with Crippen LogP contribution in [0.5, 0.6) is 0 Å². The molecule has 71 heavy (non-hydrogen) atoms. The number of ether oxygens (including phenoxy) is 11. The molecule has 0 radical (unpaired) electrons. The molecule has 0 aromatic heterocycles. The maximum atomic E-state index is 11.9. The highest BCUT2D eigenvalue weighted by molar-refractivity contribution is 5.01. The summed E-state index contributed by atoms with van der Waals surface area (Å²) in [5, 5.41) is 213. The highest BCUT2D eigenvalue weighted by atomic mass is 16.8. The van der Waals surface area contributed by atoms with Gasteiger partial charge in [0.15, 0.2) is 37.7 Å². The molecule has 0 unspecified atom stereocenters. The van der Waals surface area contributed by atoms with E-state index in [1.54, 1.807) is 0 Å². The van der Waals surface area contributed by atoms with Gasteiger partial charge in [-0.1, -0.05) is 0 Å². The minimum Gasteiger partial charge on any atom is -0.394 e. The van der Waals surface area contributed by atoms with Crippen LogP contribution in [0.15, 0.2) is 0 Å². The van der Waals surface area contributed by atoms with E-state index >= 15 is 0 Å². The van der Waals surface area contributed by atoms with Crippen LogP contribution in [0.4, 0.5) is 0 Å². The second-order valence-corrected chi connectivity index (χ2v) is 18.0. The highest BCUT2D eigenvalue weighted by Gasteiger charge is 2.58. The largest absolute Gasteiger partial charge is 0.394 e. The monoisotopic (exact) mass is 1050 g/mol. The summed E-state index contributed by atoms with van der Waals surface area (Å²) in [6.07, 6.45) is -53.0. The van der Waals surface area contributed by atoms with Crippen molar-refractivity contribution < 1.29 is 154 Å². The van der Waals surface area contributed by atoms with Gasteiger partial charge in [0.1, 0.15) is 146 Å². The molecule has 6 aliphatic rings. The van der Waals surface area contributed by atoms with Crippen LogP contribution >= 0.6 is 0 Å². The topological polar surface area (TPSA) is 513 Å². The third kappa shape index (κ3) is 12.4. The summed E-state index contributed by atoms with van der Waals surface area (Å²) in [4.78, 5) is 0. The predicted molar refractivity (Wildman–Crippen MR) is 214 cm³/mol. The average Bonchev–Trinajstić information content (AvgIpc) is 3.33. The summed E-state index contributed by atoms with van der Waals surface area (Å²) in [6, 6.07) is -3.54. The van der Waals surface area contributed by atoms with Crippen molar-refractivity contribution in [3.63, 3.8) is 0 Å². The zero-order valence-electron chi connectivity index (χ0n) is 37.9. The fourth-order valence-corrected chi connectivity index (χ4v) is 9.07. The molecule has 6 saturated heterocycles. The Morgan fingerprint density at radius 1 is 0.324 bits per heavy atom. The molecule has 30 atom stereocenters. The number of likely N-dealkylation sites (N-methyl/N-ethyl adjacent to an activating group) is 2. The van der Waals surface area contributed by atoms with Crippen molar-refractivity contribution in [3.05, 3.63) is 0 Å². The molecule has 33 heteroatoms. The lowest BCUT2D eigenvalue weighted by molar-refractivity contribution is -0.397. The number of hydrogen-bond acceptors (Lipinski definition) is 33. The van der Waals surface area contributed by atoms with Crippen LogP contribution in [-0.2, 0) is 52.1 Å². The van der Waals surface area contributed by atoms with Gasteiger partial charge in [-0.05, 0) is 0 Å². The first-order valence-corrected chi connectivity index (χ1v) is 22.4. The summed E-state index contributed by atoms with van der Waals surface area (Å²) < 4.78 is 62.2. The number of aliphatic hydroxyl groups excluding tert-OH is 18. The summed E-state index contributed by atoms with van der Waals surface area (Å²) in [6.45, 7) is -5.30. The first-order chi connectivity index (χ1) is 33.5. The molecule has 6 aliphatic heterocycles. The van der Waals surface area contributed by atoms with E-state index in [0.29, 0.717) is 10.1 Å². The Morgan fingerprint density at radius 3 is 1.07 bits per heavy atom. The van der Waals surface area contributed by atoms with Gasteiger partial charge in [0.05, 0.1) is 39.6 Å². The summed E-state index contributed by atoms with van der Waals surface area (Å²) in [5.74, 6) is 0. The Morgan fingerprint density at radius 2 is 0.634 bits per heavy atom. The molecule has 0 aromatic rings. The number of hydroxylamine groups is 4. The second-order valence-electron chi connectivity index (χ2n) is 18.0. The van der Waals surface area contributed by atoms with Crippen LogP contribution in [0.1, 0.15) is 0 Å². The van der Waals surface area contributed by atoms with Gasteiger partial charge in [-0.15, -0.1) is 0 Å². The molecule has 6 fully saturated rings. The van der Waals surface area contributed by atoms with Gasteiger partial charge in [0, 0.05) is 14.1 Å². The van der Waals surface area contributed by atoms with Crippen molar-refractivity contribution in [2.45, 2.75) is 184 Å². The van der Waals surface area contributed by atoms with Gasteiger partial charge in [0.25, 0.3) is 0 Å². The Hall–Kier alpha value is -1.32. The van der Waals surface area contributed by atoms with E-state index in [1.807, 2.05) is 0 Å². The van der Waals surface area contributed by atoms with Crippen LogP contribution in [0.25, 0.3) is 0 Å². The van der Waals surface area contributed by atoms with Crippen molar-refractivity contribution >= 4 is 0 Å². The Labute approximate surface area is 402 Å². The number of hydrogen-bond donors (Lipinski definition) is 20. The van der Waals surface area contributed by atoms with Gasteiger partial charge in [-0.3, -0.25) is 0 Å². The van der Waals surface area contributed by atoms with Crippen LogP contribution in [0.3, 0.4) is 0 Å². The second kappa shape index (κ2) is 25.2. The van der Waals surface area contributed by atoms with Crippen molar-refractivity contribution in [2.24, 2.45) is 0 Å². The summed E-state index contributed by atoms with van der Waals surface area (Å²) in [5.41, 5.74) is 0. The SMILES string of the molecule is CN(O)[C@@H]1[C@@H](O[C@@H]2O[C@H](CO[C@@H]3O[C@H](CO)[C@@H](O)[C@H](O)[C@H]3O)[C@H](O)[C@H](O[C@@H]3O[C@H](CO)[C@H](O)[C@H](O[C@@H]4O[C@H](CO[C@@H]5O[C@H](CO)[C@@H](O)[C@H](O)[C@H]5O)[C@H](O)[C@H](O)[C@H]4O)[C@H]3N(C)O)[C@H]2O)[C@@H](O)[C@@H](CO)O[C@H]1O. The van der Waals surface area contributed by atoms with E-state index in [2.05, 4.69) is 0 Å². The molecule has 6 rings (SSSR count). The minimum atomic E-state index is -2.26. The molecule has 0 saturated carbocycles. The fraction of sp³-hybridized carbons (Fsp3) is 1.00. The Balaban J connectivity index is 1.26. The third-order valence-corrected chi connectivity index (χ3v) is 13.3. The van der Waals surface area contributed by atoms with E-state index in [1.165, 1.54) is 0 Å². The lowest BCUT2D eigenvalue weighted by Crippen LogP contribution is -2.70. The van der Waals surface area contributed by atoms with Crippen LogP contribution in [0.2, 0.25) is 0 Å². The zero-order valence-corrected chi connectivity index (χ0v) is 37.9. The Kier molecular flexibility index (Phi) is 20.9. The smallest absolute Gasteiger partial charge is 0.187 e. The predicted octanol–water partition coefficient (Wildman–Crippen LogP) is -13.4. The van der Waals surface area contributed by atoms with Crippen LogP contribution in [0, 0.1) is 0 Å². The van der Waals surface area contributed by atoms with Gasteiger partial charge < -0.3 is 154 Å². The highest BCUT2D eigenvalue weighted by Crippen LogP contribution is 2.37. The van der Waals surface area contributed by atoms with Gasteiger partial charge in [-0.2, -0.15) is 10.1 Å². The minimum absolute atomic E-state index is 0.342. The quantitative estimate of drug-likeness (QED) is 0.0567. The van der Waals surface area contributed by atoms with Gasteiger partial charge in [0.2, 0.25) is 0 Å². The van der Waals surface area contributed by atoms with E-state index < -0.39 is 224 Å². The van der Waals surface area contributed by atoms with Crippen molar-refractivity contribution in [2.75, 3.05) is 53.7 Å². The molecule has 33 nitrogen and oxygen atoms in total. The maximum Gasteiger partial charge on any atom is 0.187 e.